The maximum Gasteiger partial charge on any atom is 0.416 e. The fourth-order valence-corrected chi connectivity index (χ4v) is 3.94. The first-order chi connectivity index (χ1) is 16.0. The third kappa shape index (κ3) is 4.57. The van der Waals surface area contributed by atoms with Gasteiger partial charge in [-0.1, -0.05) is 12.1 Å². The van der Waals surface area contributed by atoms with Gasteiger partial charge in [0.25, 0.3) is 0 Å². The molecule has 0 aromatic heterocycles. The quantitative estimate of drug-likeness (QED) is 0.534. The second-order valence-corrected chi connectivity index (χ2v) is 8.32. The van der Waals surface area contributed by atoms with Crippen molar-refractivity contribution in [1.82, 2.24) is 10.2 Å². The first kappa shape index (κ1) is 23.6. The molecule has 0 bridgehead atoms. The highest BCUT2D eigenvalue weighted by Gasteiger charge is 2.43. The average molecular weight is 484 g/mol. The molecule has 4 amide bonds. The highest BCUT2D eigenvalue weighted by molar-refractivity contribution is 5.95. The Morgan fingerprint density at radius 2 is 1.94 bits per heavy atom. The molecule has 0 saturated heterocycles. The van der Waals surface area contributed by atoms with E-state index in [0.717, 1.165) is 17.7 Å². The van der Waals surface area contributed by atoms with Crippen molar-refractivity contribution in [3.8, 4) is 5.75 Å². The fraction of sp³-hybridized carbons (Fsp3) is 0.364. The number of nitrogens with one attached hydrogen (secondary N) is 3. The van der Waals surface area contributed by atoms with Crippen LogP contribution >= 0.6 is 0 Å². The van der Waals surface area contributed by atoms with Crippen molar-refractivity contribution in [3.05, 3.63) is 53.1 Å². The Kier molecular flexibility index (Phi) is 6.00. The van der Waals surface area contributed by atoms with Gasteiger partial charge < -0.3 is 25.6 Å². The van der Waals surface area contributed by atoms with Crippen LogP contribution in [0.15, 0.2) is 36.4 Å². The summed E-state index contributed by atoms with van der Waals surface area (Å²) in [5.74, 6) is -0.345. The number of alkyl halides is 5. The van der Waals surface area contributed by atoms with Gasteiger partial charge in [-0.15, -0.1) is 0 Å². The molecule has 0 saturated carbocycles. The predicted octanol–water partition coefficient (Wildman–Crippen LogP) is 5.01. The van der Waals surface area contributed by atoms with Gasteiger partial charge in [0, 0.05) is 37.0 Å². The molecular formula is C22H21F5N4O3. The summed E-state index contributed by atoms with van der Waals surface area (Å²) in [4.78, 5) is 26.0. The molecule has 2 aromatic carbocycles. The molecule has 4 rings (SSSR count). The number of carbonyl (C=O) groups excluding carboxylic acids is 2. The molecule has 0 spiro atoms. The van der Waals surface area contributed by atoms with Crippen LogP contribution in [0.2, 0.25) is 0 Å². The highest BCUT2D eigenvalue weighted by Crippen LogP contribution is 2.43. The Labute approximate surface area is 191 Å². The van der Waals surface area contributed by atoms with E-state index in [0.29, 0.717) is 24.0 Å². The van der Waals surface area contributed by atoms with Gasteiger partial charge in [0.05, 0.1) is 11.6 Å². The molecule has 34 heavy (non-hydrogen) atoms. The SMILES string of the molecule is CN1Cc2ccc(NC(=O)N[C@@H]3CC(CF)(CF)Oc4cc(C(F)(F)F)ccc43)cc2NC1=O. The molecular weight excluding hydrogens is 463 g/mol. The highest BCUT2D eigenvalue weighted by atomic mass is 19.4. The van der Waals surface area contributed by atoms with Crippen LogP contribution in [-0.2, 0) is 12.7 Å². The zero-order valence-corrected chi connectivity index (χ0v) is 17.9. The minimum atomic E-state index is -4.68. The van der Waals surface area contributed by atoms with Gasteiger partial charge in [-0.25, -0.2) is 18.4 Å². The maximum atomic E-state index is 13.7. The fourth-order valence-electron chi connectivity index (χ4n) is 3.94. The third-order valence-corrected chi connectivity index (χ3v) is 5.77. The van der Waals surface area contributed by atoms with Crippen molar-refractivity contribution in [2.75, 3.05) is 31.0 Å². The Hall–Kier alpha value is -3.57. The number of amides is 4. The number of rotatable bonds is 4. The molecule has 0 radical (unpaired) electrons. The number of hydrogen-bond acceptors (Lipinski definition) is 3. The van der Waals surface area contributed by atoms with E-state index < -0.39 is 42.8 Å². The largest absolute Gasteiger partial charge is 0.481 e. The lowest BCUT2D eigenvalue weighted by atomic mass is 9.88. The average Bonchev–Trinajstić information content (AvgIpc) is 2.78. The van der Waals surface area contributed by atoms with Crippen molar-refractivity contribution >= 4 is 23.4 Å². The Balaban J connectivity index is 1.55. The summed E-state index contributed by atoms with van der Waals surface area (Å²) in [6.45, 7) is -2.20. The molecule has 1 atom stereocenters. The Morgan fingerprint density at radius 1 is 1.21 bits per heavy atom. The molecule has 2 aliphatic rings. The second-order valence-electron chi connectivity index (χ2n) is 8.32. The van der Waals surface area contributed by atoms with E-state index in [-0.39, 0.29) is 23.8 Å². The topological polar surface area (TPSA) is 82.7 Å². The first-order valence-electron chi connectivity index (χ1n) is 10.3. The summed E-state index contributed by atoms with van der Waals surface area (Å²) in [7, 11) is 1.64. The Morgan fingerprint density at radius 3 is 2.62 bits per heavy atom. The lowest BCUT2D eigenvalue weighted by molar-refractivity contribution is -0.137. The lowest BCUT2D eigenvalue weighted by Crippen LogP contribution is -2.49. The van der Waals surface area contributed by atoms with Gasteiger partial charge in [0.2, 0.25) is 0 Å². The van der Waals surface area contributed by atoms with Gasteiger partial charge in [0.15, 0.2) is 5.60 Å². The summed E-state index contributed by atoms with van der Waals surface area (Å²) in [5, 5.41) is 7.82. The van der Waals surface area contributed by atoms with Crippen molar-refractivity contribution in [1.29, 1.82) is 0 Å². The van der Waals surface area contributed by atoms with Gasteiger partial charge in [0.1, 0.15) is 19.1 Å². The van der Waals surface area contributed by atoms with Gasteiger partial charge >= 0.3 is 18.2 Å². The van der Waals surface area contributed by atoms with Crippen LogP contribution in [0.3, 0.4) is 0 Å². The zero-order chi connectivity index (χ0) is 24.7. The molecule has 2 heterocycles. The van der Waals surface area contributed by atoms with E-state index in [1.54, 1.807) is 25.2 Å². The zero-order valence-electron chi connectivity index (χ0n) is 17.9. The molecule has 12 heteroatoms. The lowest BCUT2D eigenvalue weighted by Gasteiger charge is -2.39. The number of anilines is 2. The number of nitrogens with zero attached hydrogens (tertiary/aromatic N) is 1. The molecule has 0 unspecified atom stereocenters. The van der Waals surface area contributed by atoms with Crippen LogP contribution in [0.25, 0.3) is 0 Å². The molecule has 3 N–H and O–H groups in total. The summed E-state index contributed by atoms with van der Waals surface area (Å²) in [5.41, 5.74) is -1.19. The predicted molar refractivity (Wildman–Crippen MR) is 113 cm³/mol. The van der Waals surface area contributed by atoms with Gasteiger partial charge in [-0.05, 0) is 29.8 Å². The number of benzene rings is 2. The van der Waals surface area contributed by atoms with Crippen molar-refractivity contribution in [2.45, 2.75) is 30.8 Å². The van der Waals surface area contributed by atoms with Crippen molar-refractivity contribution < 1.29 is 36.3 Å². The van der Waals surface area contributed by atoms with Crippen LogP contribution in [0.1, 0.15) is 29.2 Å². The monoisotopic (exact) mass is 484 g/mol. The van der Waals surface area contributed by atoms with Crippen LogP contribution in [-0.4, -0.2) is 43.0 Å². The van der Waals surface area contributed by atoms with Crippen molar-refractivity contribution in [2.24, 2.45) is 0 Å². The number of urea groups is 2. The van der Waals surface area contributed by atoms with E-state index in [2.05, 4.69) is 16.0 Å². The summed E-state index contributed by atoms with van der Waals surface area (Å²) in [6.07, 6.45) is -5.00. The standard InChI is InChI=1S/C22H21F5N4O3/c1-31-9-12-2-4-14(7-16(12)30-20(31)33)28-19(32)29-17-8-21(10-23,11-24)34-18-6-13(22(25,26)27)3-5-15(17)18/h2-7,17H,8-11H2,1H3,(H,30,33)(H2,28,29,32)/t17-/m1/s1. The molecule has 7 nitrogen and oxygen atoms in total. The minimum Gasteiger partial charge on any atom is -0.481 e. The van der Waals surface area contributed by atoms with Crippen LogP contribution in [0, 0.1) is 0 Å². The number of hydrogen-bond donors (Lipinski definition) is 3. The third-order valence-electron chi connectivity index (χ3n) is 5.77. The van der Waals surface area contributed by atoms with Gasteiger partial charge in [-0.3, -0.25) is 0 Å². The van der Waals surface area contributed by atoms with E-state index in [1.165, 1.54) is 4.90 Å². The second kappa shape index (κ2) is 8.65. The molecule has 0 aliphatic carbocycles. The number of carbonyl (C=O) groups is 2. The van der Waals surface area contributed by atoms with Crippen LogP contribution in [0.5, 0.6) is 5.75 Å². The molecule has 2 aliphatic heterocycles. The summed E-state index contributed by atoms with van der Waals surface area (Å²) < 4.78 is 72.0. The molecule has 2 aromatic rings. The van der Waals surface area contributed by atoms with Crippen LogP contribution in [0.4, 0.5) is 42.9 Å². The molecule has 0 fully saturated rings. The van der Waals surface area contributed by atoms with E-state index in [1.807, 2.05) is 0 Å². The van der Waals surface area contributed by atoms with Gasteiger partial charge in [-0.2, -0.15) is 13.2 Å². The van der Waals surface area contributed by atoms with E-state index in [9.17, 15) is 31.5 Å². The summed E-state index contributed by atoms with van der Waals surface area (Å²) in [6, 6.07) is 5.44. The van der Waals surface area contributed by atoms with E-state index in [4.69, 9.17) is 4.74 Å². The Bertz CT molecular complexity index is 1120. The smallest absolute Gasteiger partial charge is 0.416 e. The number of ether oxygens (including phenoxy) is 1. The van der Waals surface area contributed by atoms with E-state index >= 15 is 0 Å². The normalized spacial score (nSPS) is 18.8. The minimum absolute atomic E-state index is 0.168. The first-order valence-corrected chi connectivity index (χ1v) is 10.3. The number of fused-ring (bicyclic) bond motifs is 2. The summed E-state index contributed by atoms with van der Waals surface area (Å²) >= 11 is 0. The molecule has 182 valence electrons. The maximum absolute atomic E-state index is 13.7. The van der Waals surface area contributed by atoms with Crippen molar-refractivity contribution in [3.63, 3.8) is 0 Å². The van der Waals surface area contributed by atoms with Crippen LogP contribution < -0.4 is 20.7 Å². The number of halogens is 5.